The Kier molecular flexibility index (Phi) is 3.45. The first kappa shape index (κ1) is 13.0. The number of nitrogens with zero attached hydrogens (tertiary/aromatic N) is 1. The van der Waals surface area contributed by atoms with E-state index < -0.39 is 0 Å². The summed E-state index contributed by atoms with van der Waals surface area (Å²) in [6, 6.07) is 17.8. The Balaban J connectivity index is 1.34. The molecule has 0 aliphatic heterocycles. The molecular formula is C18H18N2S. The van der Waals surface area contributed by atoms with Gasteiger partial charge < -0.3 is 5.32 Å². The Morgan fingerprint density at radius 3 is 2.48 bits per heavy atom. The summed E-state index contributed by atoms with van der Waals surface area (Å²) in [5, 5.41) is 4.92. The van der Waals surface area contributed by atoms with Crippen molar-refractivity contribution in [1.29, 1.82) is 0 Å². The molecule has 0 spiro atoms. The van der Waals surface area contributed by atoms with Crippen molar-refractivity contribution in [3.05, 3.63) is 64.7 Å². The molecule has 1 aliphatic rings. The maximum absolute atomic E-state index is 4.69. The van der Waals surface area contributed by atoms with Crippen LogP contribution in [0.4, 0.5) is 0 Å². The third kappa shape index (κ3) is 2.71. The number of hydrogen-bond acceptors (Lipinski definition) is 3. The van der Waals surface area contributed by atoms with Crippen LogP contribution < -0.4 is 5.32 Å². The molecule has 3 heteroatoms. The highest BCUT2D eigenvalue weighted by Gasteiger charge is 2.19. The van der Waals surface area contributed by atoms with Crippen LogP contribution in [0.5, 0.6) is 0 Å². The standard InChI is InChI=1S/C18H18N2S/c1-2-6-14-12-15(11-13(14)5-1)19-10-9-18-20-16-7-3-4-8-17(16)21-18/h1-8,15,19H,9-12H2. The molecule has 2 aromatic carbocycles. The molecule has 0 unspecified atom stereocenters. The molecule has 1 aromatic heterocycles. The zero-order valence-corrected chi connectivity index (χ0v) is 12.7. The molecule has 4 rings (SSSR count). The van der Waals surface area contributed by atoms with Gasteiger partial charge in [-0.3, -0.25) is 0 Å². The van der Waals surface area contributed by atoms with Gasteiger partial charge in [-0.25, -0.2) is 4.98 Å². The van der Waals surface area contributed by atoms with Gasteiger partial charge in [0, 0.05) is 19.0 Å². The normalized spacial score (nSPS) is 14.7. The average molecular weight is 294 g/mol. The molecule has 0 atom stereocenters. The van der Waals surface area contributed by atoms with Crippen LogP contribution in [-0.4, -0.2) is 17.6 Å². The van der Waals surface area contributed by atoms with E-state index in [1.165, 1.54) is 20.8 Å². The maximum atomic E-state index is 4.69. The van der Waals surface area contributed by atoms with E-state index in [-0.39, 0.29) is 0 Å². The van der Waals surface area contributed by atoms with Crippen LogP contribution in [0.1, 0.15) is 16.1 Å². The van der Waals surface area contributed by atoms with Gasteiger partial charge >= 0.3 is 0 Å². The van der Waals surface area contributed by atoms with Gasteiger partial charge in [-0.1, -0.05) is 36.4 Å². The SMILES string of the molecule is c1ccc2c(c1)CC(NCCc1nc3ccccc3s1)C2. The van der Waals surface area contributed by atoms with E-state index in [4.69, 9.17) is 4.98 Å². The number of aromatic nitrogens is 1. The number of benzene rings is 2. The summed E-state index contributed by atoms with van der Waals surface area (Å²) >= 11 is 1.82. The van der Waals surface area contributed by atoms with Crippen LogP contribution in [0.2, 0.25) is 0 Å². The van der Waals surface area contributed by atoms with Gasteiger partial charge in [0.25, 0.3) is 0 Å². The molecule has 0 saturated carbocycles. The molecule has 2 nitrogen and oxygen atoms in total. The van der Waals surface area contributed by atoms with Crippen LogP contribution in [-0.2, 0) is 19.3 Å². The van der Waals surface area contributed by atoms with Crippen molar-refractivity contribution in [3.8, 4) is 0 Å². The Bertz CT molecular complexity index is 705. The van der Waals surface area contributed by atoms with Crippen molar-refractivity contribution in [1.82, 2.24) is 10.3 Å². The monoisotopic (exact) mass is 294 g/mol. The molecule has 1 N–H and O–H groups in total. The molecule has 106 valence electrons. The second-order valence-electron chi connectivity index (χ2n) is 5.65. The molecule has 3 aromatic rings. The molecule has 0 saturated heterocycles. The molecular weight excluding hydrogens is 276 g/mol. The van der Waals surface area contributed by atoms with Crippen LogP contribution in [0.25, 0.3) is 10.2 Å². The lowest BCUT2D eigenvalue weighted by molar-refractivity contribution is 0.536. The van der Waals surface area contributed by atoms with E-state index in [1.54, 1.807) is 0 Å². The summed E-state index contributed by atoms with van der Waals surface area (Å²) in [5.74, 6) is 0. The minimum absolute atomic E-state index is 0.594. The van der Waals surface area contributed by atoms with Crippen LogP contribution in [0.3, 0.4) is 0 Å². The molecule has 0 bridgehead atoms. The second-order valence-corrected chi connectivity index (χ2v) is 6.77. The lowest BCUT2D eigenvalue weighted by atomic mass is 10.1. The van der Waals surface area contributed by atoms with Crippen molar-refractivity contribution in [2.45, 2.75) is 25.3 Å². The summed E-state index contributed by atoms with van der Waals surface area (Å²) in [4.78, 5) is 4.69. The van der Waals surface area contributed by atoms with E-state index in [9.17, 15) is 0 Å². The molecule has 21 heavy (non-hydrogen) atoms. The number of nitrogens with one attached hydrogen (secondary N) is 1. The number of hydrogen-bond donors (Lipinski definition) is 1. The topological polar surface area (TPSA) is 24.9 Å². The summed E-state index contributed by atoms with van der Waals surface area (Å²) in [5.41, 5.74) is 4.15. The minimum atomic E-state index is 0.594. The zero-order chi connectivity index (χ0) is 14.1. The van der Waals surface area contributed by atoms with Crippen molar-refractivity contribution in [3.63, 3.8) is 0 Å². The quantitative estimate of drug-likeness (QED) is 0.795. The van der Waals surface area contributed by atoms with Crippen molar-refractivity contribution in [2.75, 3.05) is 6.54 Å². The van der Waals surface area contributed by atoms with E-state index in [0.717, 1.165) is 31.3 Å². The van der Waals surface area contributed by atoms with Gasteiger partial charge in [0.05, 0.1) is 15.2 Å². The smallest absolute Gasteiger partial charge is 0.0951 e. The van der Waals surface area contributed by atoms with E-state index in [2.05, 4.69) is 53.8 Å². The average Bonchev–Trinajstić information content (AvgIpc) is 3.09. The largest absolute Gasteiger partial charge is 0.313 e. The predicted octanol–water partition coefficient (Wildman–Crippen LogP) is 3.60. The highest BCUT2D eigenvalue weighted by Crippen LogP contribution is 2.23. The van der Waals surface area contributed by atoms with Crippen molar-refractivity contribution >= 4 is 21.6 Å². The van der Waals surface area contributed by atoms with Crippen molar-refractivity contribution in [2.24, 2.45) is 0 Å². The Morgan fingerprint density at radius 1 is 1.00 bits per heavy atom. The van der Waals surface area contributed by atoms with Crippen molar-refractivity contribution < 1.29 is 0 Å². The molecule has 0 radical (unpaired) electrons. The van der Waals surface area contributed by atoms with Crippen LogP contribution in [0, 0.1) is 0 Å². The lowest BCUT2D eigenvalue weighted by Crippen LogP contribution is -2.31. The number of para-hydroxylation sites is 1. The van der Waals surface area contributed by atoms with Gasteiger partial charge in [0.2, 0.25) is 0 Å². The summed E-state index contributed by atoms with van der Waals surface area (Å²) in [6.07, 6.45) is 3.35. The van der Waals surface area contributed by atoms with Gasteiger partial charge in [0.15, 0.2) is 0 Å². The van der Waals surface area contributed by atoms with E-state index in [1.807, 2.05) is 11.3 Å². The molecule has 0 amide bonds. The molecule has 0 fully saturated rings. The Morgan fingerprint density at radius 2 is 1.71 bits per heavy atom. The summed E-state index contributed by atoms with van der Waals surface area (Å²) in [6.45, 7) is 1.01. The fourth-order valence-electron chi connectivity index (χ4n) is 3.11. The highest BCUT2D eigenvalue weighted by molar-refractivity contribution is 7.18. The van der Waals surface area contributed by atoms with Gasteiger partial charge in [0.1, 0.15) is 0 Å². The fraction of sp³-hybridized carbons (Fsp3) is 0.278. The first-order valence-corrected chi connectivity index (χ1v) is 8.35. The van der Waals surface area contributed by atoms with Gasteiger partial charge in [-0.15, -0.1) is 11.3 Å². The van der Waals surface area contributed by atoms with E-state index in [0.29, 0.717) is 6.04 Å². The minimum Gasteiger partial charge on any atom is -0.313 e. The van der Waals surface area contributed by atoms with Crippen LogP contribution >= 0.6 is 11.3 Å². The maximum Gasteiger partial charge on any atom is 0.0951 e. The van der Waals surface area contributed by atoms with E-state index >= 15 is 0 Å². The summed E-state index contributed by atoms with van der Waals surface area (Å²) in [7, 11) is 0. The summed E-state index contributed by atoms with van der Waals surface area (Å²) < 4.78 is 1.29. The number of fused-ring (bicyclic) bond motifs is 2. The molecule has 1 aliphatic carbocycles. The number of rotatable bonds is 4. The third-order valence-corrected chi connectivity index (χ3v) is 5.26. The Hall–Kier alpha value is -1.71. The first-order chi connectivity index (χ1) is 10.4. The predicted molar refractivity (Wildman–Crippen MR) is 89.0 cm³/mol. The van der Waals surface area contributed by atoms with Crippen LogP contribution in [0.15, 0.2) is 48.5 Å². The first-order valence-electron chi connectivity index (χ1n) is 7.53. The number of thiazole rings is 1. The lowest BCUT2D eigenvalue weighted by Gasteiger charge is -2.10. The fourth-order valence-corrected chi connectivity index (χ4v) is 4.08. The molecule has 1 heterocycles. The van der Waals surface area contributed by atoms with Gasteiger partial charge in [-0.2, -0.15) is 0 Å². The van der Waals surface area contributed by atoms with Gasteiger partial charge in [-0.05, 0) is 36.1 Å². The Labute approximate surface area is 128 Å². The zero-order valence-electron chi connectivity index (χ0n) is 11.9. The third-order valence-electron chi connectivity index (χ3n) is 4.16. The second kappa shape index (κ2) is 5.58. The highest BCUT2D eigenvalue weighted by atomic mass is 32.1.